The molecule has 2 heterocycles. The van der Waals surface area contributed by atoms with E-state index in [4.69, 9.17) is 4.74 Å². The number of thiophene rings is 1. The first kappa shape index (κ1) is 20.0. The Morgan fingerprint density at radius 3 is 2.67 bits per heavy atom. The van der Waals surface area contributed by atoms with E-state index < -0.39 is 5.97 Å². The lowest BCUT2D eigenvalue weighted by Gasteiger charge is -2.09. The number of ether oxygens (including phenoxy) is 1. The first-order valence-corrected chi connectivity index (χ1v) is 10.6. The van der Waals surface area contributed by atoms with E-state index in [0.29, 0.717) is 16.6 Å². The average Bonchev–Trinajstić information content (AvgIpc) is 3.15. The van der Waals surface area contributed by atoms with Crippen molar-refractivity contribution in [3.8, 4) is 11.1 Å². The highest BCUT2D eigenvalue weighted by Gasteiger charge is 2.16. The van der Waals surface area contributed by atoms with Gasteiger partial charge in [0.15, 0.2) is 0 Å². The lowest BCUT2D eigenvalue weighted by molar-refractivity contribution is -0.144. The molecule has 0 fully saturated rings. The molecule has 0 unspecified atom stereocenters. The van der Waals surface area contributed by atoms with Crippen molar-refractivity contribution in [3.05, 3.63) is 87.3 Å². The van der Waals surface area contributed by atoms with Crippen molar-refractivity contribution in [1.29, 1.82) is 0 Å². The summed E-state index contributed by atoms with van der Waals surface area (Å²) in [6, 6.07) is 16.0. The summed E-state index contributed by atoms with van der Waals surface area (Å²) in [4.78, 5) is 30.4. The number of benzene rings is 2. The van der Waals surface area contributed by atoms with Crippen molar-refractivity contribution in [2.45, 2.75) is 26.8 Å². The Kier molecular flexibility index (Phi) is 5.77. The number of hydrogen-bond donors (Lipinski definition) is 0. The van der Waals surface area contributed by atoms with Crippen molar-refractivity contribution < 1.29 is 9.53 Å². The molecule has 2 aromatic carbocycles. The molecular formula is C24H22N2O3S. The van der Waals surface area contributed by atoms with Gasteiger partial charge in [0.2, 0.25) is 0 Å². The number of nitrogens with zero attached hydrogens (tertiary/aromatic N) is 2. The van der Waals surface area contributed by atoms with Crippen LogP contribution in [-0.4, -0.2) is 22.1 Å². The predicted octanol–water partition coefficient (Wildman–Crippen LogP) is 4.53. The molecule has 0 bridgehead atoms. The van der Waals surface area contributed by atoms with Gasteiger partial charge in [0.25, 0.3) is 5.56 Å². The molecule has 0 aliphatic rings. The smallest absolute Gasteiger partial charge is 0.326 e. The minimum absolute atomic E-state index is 0.154. The third kappa shape index (κ3) is 4.19. The summed E-state index contributed by atoms with van der Waals surface area (Å²) >= 11 is 1.43. The Hall–Kier alpha value is -3.25. The molecule has 0 spiro atoms. The minimum Gasteiger partial charge on any atom is -0.464 e. The zero-order chi connectivity index (χ0) is 21.1. The zero-order valence-electron chi connectivity index (χ0n) is 16.9. The van der Waals surface area contributed by atoms with E-state index in [2.05, 4.69) is 11.1 Å². The van der Waals surface area contributed by atoms with E-state index in [0.717, 1.165) is 22.3 Å². The molecule has 0 aliphatic heterocycles. The number of hydrogen-bond acceptors (Lipinski definition) is 5. The fourth-order valence-electron chi connectivity index (χ4n) is 3.51. The molecule has 30 heavy (non-hydrogen) atoms. The van der Waals surface area contributed by atoms with Crippen LogP contribution in [0.1, 0.15) is 16.7 Å². The van der Waals surface area contributed by atoms with Crippen molar-refractivity contribution in [1.82, 2.24) is 9.55 Å². The largest absolute Gasteiger partial charge is 0.464 e. The topological polar surface area (TPSA) is 61.2 Å². The van der Waals surface area contributed by atoms with E-state index >= 15 is 0 Å². The summed E-state index contributed by atoms with van der Waals surface area (Å²) < 4.78 is 6.65. The Morgan fingerprint density at radius 2 is 1.90 bits per heavy atom. The number of aromatic nitrogens is 2. The normalized spacial score (nSPS) is 11.0. The van der Waals surface area contributed by atoms with Crippen molar-refractivity contribution >= 4 is 27.5 Å². The molecule has 6 heteroatoms. The van der Waals surface area contributed by atoms with Crippen LogP contribution in [0.3, 0.4) is 0 Å². The van der Waals surface area contributed by atoms with Crippen LogP contribution in [0.2, 0.25) is 0 Å². The van der Waals surface area contributed by atoms with E-state index in [-0.39, 0.29) is 18.7 Å². The second-order valence-corrected chi connectivity index (χ2v) is 8.14. The number of rotatable bonds is 6. The number of carbonyl (C=O) groups is 1. The summed E-state index contributed by atoms with van der Waals surface area (Å²) in [5.41, 5.74) is 5.01. The number of aryl methyl sites for hydroxylation is 2. The molecule has 0 saturated carbocycles. The maximum absolute atomic E-state index is 13.1. The van der Waals surface area contributed by atoms with Crippen LogP contribution in [0, 0.1) is 13.8 Å². The Bertz CT molecular complexity index is 1260. The SMILES string of the molecule is Cc1ccc(-c2csc3ncn(CC(=O)OCCc4ccccc4)c(=O)c23)c(C)c1. The third-order valence-corrected chi connectivity index (χ3v) is 5.92. The first-order valence-electron chi connectivity index (χ1n) is 9.77. The molecule has 0 aliphatic carbocycles. The predicted molar refractivity (Wildman–Crippen MR) is 120 cm³/mol. The van der Waals surface area contributed by atoms with Crippen molar-refractivity contribution in [3.63, 3.8) is 0 Å². The molecular weight excluding hydrogens is 396 g/mol. The zero-order valence-corrected chi connectivity index (χ0v) is 17.7. The molecule has 4 rings (SSSR count). The van der Waals surface area contributed by atoms with Gasteiger partial charge in [-0.05, 0) is 30.5 Å². The highest BCUT2D eigenvalue weighted by Crippen LogP contribution is 2.32. The summed E-state index contributed by atoms with van der Waals surface area (Å²) in [5.74, 6) is -0.447. The fourth-order valence-corrected chi connectivity index (χ4v) is 4.40. The molecule has 4 aromatic rings. The molecule has 0 amide bonds. The Morgan fingerprint density at radius 1 is 1.10 bits per heavy atom. The quantitative estimate of drug-likeness (QED) is 0.432. The lowest BCUT2D eigenvalue weighted by Crippen LogP contribution is -2.26. The molecule has 5 nitrogen and oxygen atoms in total. The van der Waals surface area contributed by atoms with E-state index in [1.165, 1.54) is 27.8 Å². The van der Waals surface area contributed by atoms with Crippen LogP contribution in [0.4, 0.5) is 0 Å². The maximum Gasteiger partial charge on any atom is 0.326 e. The highest BCUT2D eigenvalue weighted by atomic mass is 32.1. The standard InChI is InChI=1S/C24H22N2O3S/c1-16-8-9-19(17(2)12-16)20-14-30-23-22(20)24(28)26(15-25-23)13-21(27)29-11-10-18-6-4-3-5-7-18/h3-9,12,14-15H,10-11,13H2,1-2H3. The molecule has 0 atom stereocenters. The molecule has 0 saturated heterocycles. The fraction of sp³-hybridized carbons (Fsp3) is 0.208. The van der Waals surface area contributed by atoms with Gasteiger partial charge in [0, 0.05) is 17.4 Å². The van der Waals surface area contributed by atoms with Gasteiger partial charge in [-0.3, -0.25) is 14.2 Å². The van der Waals surface area contributed by atoms with Crippen LogP contribution < -0.4 is 5.56 Å². The van der Waals surface area contributed by atoms with E-state index in [9.17, 15) is 9.59 Å². The second kappa shape index (κ2) is 8.63. The Labute approximate surface area is 178 Å². The highest BCUT2D eigenvalue weighted by molar-refractivity contribution is 7.17. The number of carbonyl (C=O) groups excluding carboxylic acids is 1. The lowest BCUT2D eigenvalue weighted by atomic mass is 9.99. The number of fused-ring (bicyclic) bond motifs is 1. The molecule has 152 valence electrons. The van der Waals surface area contributed by atoms with Crippen LogP contribution in [0.15, 0.2) is 65.0 Å². The van der Waals surface area contributed by atoms with Gasteiger partial charge in [-0.1, -0.05) is 54.1 Å². The monoisotopic (exact) mass is 418 g/mol. The Balaban J connectivity index is 1.54. The van der Waals surface area contributed by atoms with E-state index in [1.807, 2.05) is 61.7 Å². The maximum atomic E-state index is 13.1. The van der Waals surface area contributed by atoms with Gasteiger partial charge in [-0.15, -0.1) is 11.3 Å². The summed E-state index contributed by atoms with van der Waals surface area (Å²) in [5, 5.41) is 2.51. The average molecular weight is 419 g/mol. The third-order valence-electron chi connectivity index (χ3n) is 5.03. The number of esters is 1. The van der Waals surface area contributed by atoms with Gasteiger partial charge in [-0.2, -0.15) is 0 Å². The van der Waals surface area contributed by atoms with Gasteiger partial charge in [-0.25, -0.2) is 4.98 Å². The molecule has 0 radical (unpaired) electrons. The van der Waals surface area contributed by atoms with Crippen LogP contribution in [-0.2, 0) is 22.5 Å². The van der Waals surface area contributed by atoms with Crippen LogP contribution >= 0.6 is 11.3 Å². The van der Waals surface area contributed by atoms with Gasteiger partial charge in [0.1, 0.15) is 11.4 Å². The second-order valence-electron chi connectivity index (χ2n) is 7.28. The van der Waals surface area contributed by atoms with E-state index in [1.54, 1.807) is 0 Å². The van der Waals surface area contributed by atoms with Crippen LogP contribution in [0.25, 0.3) is 21.3 Å². The van der Waals surface area contributed by atoms with Crippen molar-refractivity contribution in [2.24, 2.45) is 0 Å². The van der Waals surface area contributed by atoms with Gasteiger partial charge < -0.3 is 4.74 Å². The molecule has 2 aromatic heterocycles. The minimum atomic E-state index is -0.447. The summed E-state index contributed by atoms with van der Waals surface area (Å²) in [6.45, 7) is 4.20. The first-order chi connectivity index (χ1) is 14.5. The van der Waals surface area contributed by atoms with Crippen LogP contribution in [0.5, 0.6) is 0 Å². The van der Waals surface area contributed by atoms with Gasteiger partial charge >= 0.3 is 5.97 Å². The molecule has 0 N–H and O–H groups in total. The summed E-state index contributed by atoms with van der Waals surface area (Å²) in [6.07, 6.45) is 2.06. The van der Waals surface area contributed by atoms with Crippen molar-refractivity contribution in [2.75, 3.05) is 6.61 Å². The van der Waals surface area contributed by atoms with Gasteiger partial charge in [0.05, 0.1) is 18.3 Å². The summed E-state index contributed by atoms with van der Waals surface area (Å²) in [7, 11) is 0.